The lowest BCUT2D eigenvalue weighted by Gasteiger charge is -2.32. The van der Waals surface area contributed by atoms with Crippen LogP contribution in [-0.4, -0.2) is 38.2 Å². The summed E-state index contributed by atoms with van der Waals surface area (Å²) in [5, 5.41) is 3.17. The Morgan fingerprint density at radius 2 is 2.25 bits per heavy atom. The van der Waals surface area contributed by atoms with Gasteiger partial charge in [-0.05, 0) is 63.7 Å². The zero-order valence-corrected chi connectivity index (χ0v) is 14.1. The first kappa shape index (κ1) is 15.8. The van der Waals surface area contributed by atoms with Crippen molar-refractivity contribution >= 4 is 15.9 Å². The lowest BCUT2D eigenvalue weighted by Crippen LogP contribution is -2.37. The monoisotopic (exact) mass is 340 g/mol. The number of hydrogen-bond donors (Lipinski definition) is 1. The van der Waals surface area contributed by atoms with Crippen LogP contribution in [0.3, 0.4) is 0 Å². The molecule has 0 amide bonds. The van der Waals surface area contributed by atoms with Gasteiger partial charge in [-0.2, -0.15) is 0 Å². The Morgan fingerprint density at radius 3 is 3.00 bits per heavy atom. The minimum Gasteiger partial charge on any atom is -0.494 e. The van der Waals surface area contributed by atoms with E-state index < -0.39 is 0 Å². The van der Waals surface area contributed by atoms with Gasteiger partial charge in [0.25, 0.3) is 0 Å². The van der Waals surface area contributed by atoms with E-state index in [1.165, 1.54) is 31.4 Å². The fourth-order valence-corrected chi connectivity index (χ4v) is 3.18. The Labute approximate surface area is 130 Å². The first-order valence-electron chi connectivity index (χ1n) is 7.47. The van der Waals surface area contributed by atoms with E-state index in [2.05, 4.69) is 45.3 Å². The van der Waals surface area contributed by atoms with E-state index in [0.717, 1.165) is 29.8 Å². The van der Waals surface area contributed by atoms with Crippen molar-refractivity contribution in [2.75, 3.05) is 27.2 Å². The van der Waals surface area contributed by atoms with Gasteiger partial charge >= 0.3 is 0 Å². The van der Waals surface area contributed by atoms with E-state index in [1.54, 1.807) is 0 Å². The predicted octanol–water partition coefficient (Wildman–Crippen LogP) is 3.42. The van der Waals surface area contributed by atoms with Gasteiger partial charge in [0.2, 0.25) is 0 Å². The Hall–Kier alpha value is -0.580. The highest BCUT2D eigenvalue weighted by Gasteiger charge is 2.18. The Bertz CT molecular complexity index is 425. The summed E-state index contributed by atoms with van der Waals surface area (Å²) in [4.78, 5) is 2.47. The quantitative estimate of drug-likeness (QED) is 0.858. The van der Waals surface area contributed by atoms with Crippen molar-refractivity contribution in [2.24, 2.45) is 0 Å². The number of nitrogens with one attached hydrogen (secondary N) is 1. The van der Waals surface area contributed by atoms with Crippen LogP contribution in [0.5, 0.6) is 5.75 Å². The maximum Gasteiger partial charge on any atom is 0.119 e. The Balaban J connectivity index is 1.83. The molecule has 1 fully saturated rings. The van der Waals surface area contributed by atoms with Crippen LogP contribution < -0.4 is 10.1 Å². The topological polar surface area (TPSA) is 24.5 Å². The van der Waals surface area contributed by atoms with E-state index in [1.807, 2.05) is 13.1 Å². The molecule has 0 aliphatic carbocycles. The van der Waals surface area contributed by atoms with Crippen LogP contribution in [0.15, 0.2) is 22.7 Å². The number of nitrogens with zero attached hydrogens (tertiary/aromatic N) is 1. The molecule has 1 saturated heterocycles. The van der Waals surface area contributed by atoms with Crippen molar-refractivity contribution in [1.82, 2.24) is 10.2 Å². The third-order valence-corrected chi connectivity index (χ3v) is 4.80. The normalized spacial score (nSPS) is 20.1. The summed E-state index contributed by atoms with van der Waals surface area (Å²) in [6.07, 6.45) is 5.13. The highest BCUT2D eigenvalue weighted by molar-refractivity contribution is 9.10. The highest BCUT2D eigenvalue weighted by atomic mass is 79.9. The fraction of sp³-hybridized carbons (Fsp3) is 0.625. The first-order chi connectivity index (χ1) is 9.70. The summed E-state index contributed by atoms with van der Waals surface area (Å²) in [6, 6.07) is 6.91. The molecule has 1 aromatic rings. The number of ether oxygens (including phenoxy) is 1. The van der Waals surface area contributed by atoms with E-state index in [4.69, 9.17) is 4.74 Å². The summed E-state index contributed by atoms with van der Waals surface area (Å²) in [5.74, 6) is 0.969. The molecule has 1 aromatic carbocycles. The van der Waals surface area contributed by atoms with Crippen LogP contribution in [-0.2, 0) is 6.54 Å². The molecule has 4 heteroatoms. The number of hydrogen-bond acceptors (Lipinski definition) is 3. The zero-order valence-electron chi connectivity index (χ0n) is 12.5. The van der Waals surface area contributed by atoms with Gasteiger partial charge in [-0.15, -0.1) is 0 Å². The molecular formula is C16H25BrN2O. The van der Waals surface area contributed by atoms with Crippen molar-refractivity contribution < 1.29 is 4.74 Å². The average molecular weight is 341 g/mol. The molecule has 0 aromatic heterocycles. The van der Waals surface area contributed by atoms with Gasteiger partial charge in [-0.25, -0.2) is 0 Å². The van der Waals surface area contributed by atoms with Gasteiger partial charge in [0.15, 0.2) is 0 Å². The molecule has 0 saturated carbocycles. The molecule has 1 N–H and O–H groups in total. The standard InChI is InChI=1S/C16H25BrN2O/c1-18-12-13-11-15(6-7-16(13)17)20-10-8-14-5-3-4-9-19(14)2/h6-7,11,14,18H,3-5,8-10,12H2,1-2H3. The average Bonchev–Trinajstić information content (AvgIpc) is 2.45. The summed E-state index contributed by atoms with van der Waals surface area (Å²) in [6.45, 7) is 2.88. The van der Waals surface area contributed by atoms with Crippen LogP contribution in [0.2, 0.25) is 0 Å². The second kappa shape index (κ2) is 8.01. The fourth-order valence-electron chi connectivity index (χ4n) is 2.79. The van der Waals surface area contributed by atoms with Crippen LogP contribution in [0.25, 0.3) is 0 Å². The van der Waals surface area contributed by atoms with Crippen LogP contribution >= 0.6 is 15.9 Å². The van der Waals surface area contributed by atoms with Crippen molar-refractivity contribution in [3.8, 4) is 5.75 Å². The Morgan fingerprint density at radius 1 is 1.40 bits per heavy atom. The van der Waals surface area contributed by atoms with Crippen LogP contribution in [0, 0.1) is 0 Å². The molecule has 1 unspecified atom stereocenters. The highest BCUT2D eigenvalue weighted by Crippen LogP contribution is 2.23. The molecule has 1 aliphatic heterocycles. The van der Waals surface area contributed by atoms with E-state index in [9.17, 15) is 0 Å². The van der Waals surface area contributed by atoms with Crippen molar-refractivity contribution in [3.05, 3.63) is 28.2 Å². The van der Waals surface area contributed by atoms with Gasteiger partial charge in [0.05, 0.1) is 6.61 Å². The van der Waals surface area contributed by atoms with E-state index >= 15 is 0 Å². The molecular weight excluding hydrogens is 316 g/mol. The number of piperidine rings is 1. The smallest absolute Gasteiger partial charge is 0.119 e. The van der Waals surface area contributed by atoms with Gasteiger partial charge < -0.3 is 15.0 Å². The maximum absolute atomic E-state index is 5.92. The minimum atomic E-state index is 0.691. The molecule has 112 valence electrons. The van der Waals surface area contributed by atoms with Crippen molar-refractivity contribution in [2.45, 2.75) is 38.3 Å². The largest absolute Gasteiger partial charge is 0.494 e. The SMILES string of the molecule is CNCc1cc(OCCC2CCCCN2C)ccc1Br. The minimum absolute atomic E-state index is 0.691. The zero-order chi connectivity index (χ0) is 14.4. The summed E-state index contributed by atoms with van der Waals surface area (Å²) in [7, 11) is 4.19. The van der Waals surface area contributed by atoms with E-state index in [0.29, 0.717) is 6.04 Å². The van der Waals surface area contributed by atoms with Crippen molar-refractivity contribution in [3.63, 3.8) is 0 Å². The summed E-state index contributed by atoms with van der Waals surface area (Å²) >= 11 is 3.57. The van der Waals surface area contributed by atoms with Crippen molar-refractivity contribution in [1.29, 1.82) is 0 Å². The van der Waals surface area contributed by atoms with E-state index in [-0.39, 0.29) is 0 Å². The lowest BCUT2D eigenvalue weighted by molar-refractivity contribution is 0.153. The molecule has 1 atom stereocenters. The third-order valence-electron chi connectivity index (χ3n) is 4.03. The summed E-state index contributed by atoms with van der Waals surface area (Å²) < 4.78 is 7.05. The molecule has 1 heterocycles. The van der Waals surface area contributed by atoms with Crippen LogP contribution in [0.4, 0.5) is 0 Å². The van der Waals surface area contributed by atoms with Gasteiger partial charge in [0, 0.05) is 17.1 Å². The number of likely N-dealkylation sites (tertiary alicyclic amines) is 1. The molecule has 3 nitrogen and oxygen atoms in total. The second-order valence-electron chi connectivity index (χ2n) is 5.55. The third kappa shape index (κ3) is 4.47. The van der Waals surface area contributed by atoms with Gasteiger partial charge in [0.1, 0.15) is 5.75 Å². The Kier molecular flexibility index (Phi) is 6.33. The second-order valence-corrected chi connectivity index (χ2v) is 6.41. The van der Waals surface area contributed by atoms with Crippen LogP contribution in [0.1, 0.15) is 31.2 Å². The maximum atomic E-state index is 5.92. The number of halogens is 1. The molecule has 20 heavy (non-hydrogen) atoms. The number of rotatable bonds is 6. The molecule has 0 radical (unpaired) electrons. The first-order valence-corrected chi connectivity index (χ1v) is 8.26. The summed E-state index contributed by atoms with van der Waals surface area (Å²) in [5.41, 5.74) is 1.24. The van der Waals surface area contributed by atoms with Gasteiger partial charge in [-0.3, -0.25) is 0 Å². The van der Waals surface area contributed by atoms with Gasteiger partial charge in [-0.1, -0.05) is 22.4 Å². The predicted molar refractivity (Wildman–Crippen MR) is 87.3 cm³/mol. The molecule has 0 bridgehead atoms. The number of benzene rings is 1. The molecule has 1 aliphatic rings. The molecule has 2 rings (SSSR count). The molecule has 0 spiro atoms. The lowest BCUT2D eigenvalue weighted by atomic mass is 10.0.